The molecule has 100 valence electrons. The molecule has 0 heterocycles. The molecule has 0 aliphatic heterocycles. The minimum absolute atomic E-state index is 0.0803. The molecule has 4 nitrogen and oxygen atoms in total. The van der Waals surface area contributed by atoms with Crippen molar-refractivity contribution in [2.45, 2.75) is 18.5 Å². The average molecular weight is 284 g/mol. The molecular formula is C10H9ClF3NO3. The highest BCUT2D eigenvalue weighted by Crippen LogP contribution is 2.27. The van der Waals surface area contributed by atoms with E-state index >= 15 is 0 Å². The topological polar surface area (TPSA) is 52.4 Å². The number of hydrogen-bond donors (Lipinski definition) is 0. The molecule has 0 aromatic heterocycles. The third-order valence-electron chi connectivity index (χ3n) is 2.04. The zero-order valence-corrected chi connectivity index (χ0v) is 9.79. The number of nitro benzene ring substituents is 1. The maximum absolute atomic E-state index is 11.9. The molecule has 0 N–H and O–H groups in total. The van der Waals surface area contributed by atoms with E-state index in [0.717, 1.165) is 6.07 Å². The van der Waals surface area contributed by atoms with Crippen LogP contribution in [0.5, 0.6) is 5.75 Å². The quantitative estimate of drug-likeness (QED) is 0.471. The summed E-state index contributed by atoms with van der Waals surface area (Å²) in [6.45, 7) is -0.550. The van der Waals surface area contributed by atoms with Gasteiger partial charge in [-0.25, -0.2) is 0 Å². The minimum Gasteiger partial charge on any atom is -0.493 e. The van der Waals surface area contributed by atoms with Crippen LogP contribution in [0, 0.1) is 10.1 Å². The number of nitrogens with zero attached hydrogens (tertiary/aromatic N) is 1. The van der Waals surface area contributed by atoms with Gasteiger partial charge in [0.05, 0.1) is 23.8 Å². The van der Waals surface area contributed by atoms with E-state index in [-0.39, 0.29) is 22.9 Å². The van der Waals surface area contributed by atoms with Gasteiger partial charge in [0.2, 0.25) is 0 Å². The first-order valence-electron chi connectivity index (χ1n) is 4.86. The number of alkyl halides is 4. The molecule has 8 heteroatoms. The first-order chi connectivity index (χ1) is 8.33. The molecule has 0 unspecified atom stereocenters. The van der Waals surface area contributed by atoms with Crippen LogP contribution in [-0.4, -0.2) is 17.7 Å². The van der Waals surface area contributed by atoms with Gasteiger partial charge in [-0.05, 0) is 6.07 Å². The van der Waals surface area contributed by atoms with E-state index < -0.39 is 24.1 Å². The highest BCUT2D eigenvalue weighted by atomic mass is 35.5. The molecular weight excluding hydrogens is 275 g/mol. The molecule has 0 saturated heterocycles. The number of ether oxygens (including phenoxy) is 1. The lowest BCUT2D eigenvalue weighted by Crippen LogP contribution is -2.13. The van der Waals surface area contributed by atoms with Gasteiger partial charge in [0.1, 0.15) is 5.75 Å². The second-order valence-corrected chi connectivity index (χ2v) is 3.66. The Morgan fingerprint density at radius 3 is 2.56 bits per heavy atom. The van der Waals surface area contributed by atoms with Crippen LogP contribution in [0.2, 0.25) is 0 Å². The van der Waals surface area contributed by atoms with Crippen LogP contribution in [0.15, 0.2) is 18.2 Å². The zero-order valence-electron chi connectivity index (χ0n) is 9.04. The number of halogens is 4. The van der Waals surface area contributed by atoms with Crippen LogP contribution >= 0.6 is 11.6 Å². The summed E-state index contributed by atoms with van der Waals surface area (Å²) >= 11 is 5.55. The molecule has 0 amide bonds. The van der Waals surface area contributed by atoms with Crippen molar-refractivity contribution in [1.82, 2.24) is 0 Å². The van der Waals surface area contributed by atoms with Crippen LogP contribution in [0.4, 0.5) is 18.9 Å². The monoisotopic (exact) mass is 283 g/mol. The van der Waals surface area contributed by atoms with Crippen molar-refractivity contribution < 1.29 is 22.8 Å². The molecule has 18 heavy (non-hydrogen) atoms. The molecule has 1 rings (SSSR count). The molecule has 0 aliphatic carbocycles. The first-order valence-corrected chi connectivity index (χ1v) is 5.40. The van der Waals surface area contributed by atoms with Gasteiger partial charge in [-0.2, -0.15) is 13.2 Å². The van der Waals surface area contributed by atoms with E-state index in [9.17, 15) is 23.3 Å². The Balaban J connectivity index is 2.74. The molecule has 0 atom stereocenters. The Morgan fingerprint density at radius 1 is 1.39 bits per heavy atom. The maximum atomic E-state index is 11.9. The number of rotatable bonds is 5. The highest BCUT2D eigenvalue weighted by molar-refractivity contribution is 6.17. The summed E-state index contributed by atoms with van der Waals surface area (Å²) in [7, 11) is 0. The van der Waals surface area contributed by atoms with Gasteiger partial charge in [0.15, 0.2) is 0 Å². The molecule has 0 fully saturated rings. The van der Waals surface area contributed by atoms with E-state index in [0.29, 0.717) is 0 Å². The van der Waals surface area contributed by atoms with Crippen molar-refractivity contribution in [3.8, 4) is 5.75 Å². The number of nitro groups is 1. The van der Waals surface area contributed by atoms with Crippen molar-refractivity contribution in [1.29, 1.82) is 0 Å². The van der Waals surface area contributed by atoms with Crippen molar-refractivity contribution in [2.75, 3.05) is 6.61 Å². The molecule has 0 saturated carbocycles. The van der Waals surface area contributed by atoms with Gasteiger partial charge in [-0.1, -0.05) is 0 Å². The Bertz CT molecular complexity index is 437. The molecule has 0 bridgehead atoms. The van der Waals surface area contributed by atoms with E-state index in [1.165, 1.54) is 12.1 Å². The Kier molecular flexibility index (Phi) is 4.77. The van der Waals surface area contributed by atoms with Crippen molar-refractivity contribution in [3.05, 3.63) is 33.9 Å². The number of benzene rings is 1. The largest absolute Gasteiger partial charge is 0.493 e. The van der Waals surface area contributed by atoms with E-state index in [1.54, 1.807) is 0 Å². The molecule has 0 aliphatic rings. The van der Waals surface area contributed by atoms with Crippen LogP contribution in [0.3, 0.4) is 0 Å². The van der Waals surface area contributed by atoms with Crippen molar-refractivity contribution in [3.63, 3.8) is 0 Å². The maximum Gasteiger partial charge on any atom is 0.392 e. The molecule has 0 spiro atoms. The molecule has 1 aromatic rings. The third-order valence-corrected chi connectivity index (χ3v) is 2.33. The Labute approximate surface area is 105 Å². The number of non-ortho nitro benzene ring substituents is 1. The van der Waals surface area contributed by atoms with E-state index in [4.69, 9.17) is 16.3 Å². The van der Waals surface area contributed by atoms with Gasteiger partial charge in [-0.15, -0.1) is 11.6 Å². The Hall–Kier alpha value is -1.50. The Morgan fingerprint density at radius 2 is 2.06 bits per heavy atom. The fourth-order valence-corrected chi connectivity index (χ4v) is 1.41. The van der Waals surface area contributed by atoms with Gasteiger partial charge in [0, 0.05) is 17.7 Å². The van der Waals surface area contributed by atoms with Gasteiger partial charge < -0.3 is 4.74 Å². The van der Waals surface area contributed by atoms with E-state index in [2.05, 4.69) is 0 Å². The summed E-state index contributed by atoms with van der Waals surface area (Å²) in [5, 5.41) is 10.5. The van der Waals surface area contributed by atoms with Gasteiger partial charge >= 0.3 is 6.18 Å². The van der Waals surface area contributed by atoms with E-state index in [1.807, 2.05) is 0 Å². The predicted molar refractivity (Wildman–Crippen MR) is 58.8 cm³/mol. The van der Waals surface area contributed by atoms with Crippen LogP contribution in [0.25, 0.3) is 0 Å². The average Bonchev–Trinajstić information content (AvgIpc) is 2.27. The summed E-state index contributed by atoms with van der Waals surface area (Å²) in [6, 6.07) is 3.57. The normalized spacial score (nSPS) is 11.3. The third kappa shape index (κ3) is 4.40. The van der Waals surface area contributed by atoms with Crippen LogP contribution < -0.4 is 4.74 Å². The van der Waals surface area contributed by atoms with Crippen LogP contribution in [-0.2, 0) is 5.88 Å². The van der Waals surface area contributed by atoms with Gasteiger partial charge in [-0.3, -0.25) is 10.1 Å². The SMILES string of the molecule is O=[N+]([O-])c1ccc(OCCC(F)(F)F)c(CCl)c1. The highest BCUT2D eigenvalue weighted by Gasteiger charge is 2.27. The smallest absolute Gasteiger partial charge is 0.392 e. The molecule has 0 radical (unpaired) electrons. The summed E-state index contributed by atoms with van der Waals surface area (Å²) in [6.07, 6.45) is -5.40. The molecule has 1 aromatic carbocycles. The predicted octanol–water partition coefficient (Wildman–Crippen LogP) is 3.66. The summed E-state index contributed by atoms with van der Waals surface area (Å²) in [5.41, 5.74) is 0.0989. The standard InChI is InChI=1S/C10H9ClF3NO3/c11-6-7-5-8(15(16)17)1-2-9(7)18-4-3-10(12,13)14/h1-2,5H,3-4,6H2. The summed E-state index contributed by atoms with van der Waals surface area (Å²) in [5.74, 6) is 0.0445. The van der Waals surface area contributed by atoms with Gasteiger partial charge in [0.25, 0.3) is 5.69 Å². The minimum atomic E-state index is -4.30. The van der Waals surface area contributed by atoms with Crippen molar-refractivity contribution in [2.24, 2.45) is 0 Å². The van der Waals surface area contributed by atoms with Crippen LogP contribution in [0.1, 0.15) is 12.0 Å². The second kappa shape index (κ2) is 5.90. The first kappa shape index (κ1) is 14.6. The zero-order chi connectivity index (χ0) is 13.8. The second-order valence-electron chi connectivity index (χ2n) is 3.40. The lowest BCUT2D eigenvalue weighted by atomic mass is 10.2. The fourth-order valence-electron chi connectivity index (χ4n) is 1.20. The lowest BCUT2D eigenvalue weighted by Gasteiger charge is -2.11. The summed E-state index contributed by atoms with van der Waals surface area (Å²) in [4.78, 5) is 9.88. The fraction of sp³-hybridized carbons (Fsp3) is 0.400. The number of hydrogen-bond acceptors (Lipinski definition) is 3. The lowest BCUT2D eigenvalue weighted by molar-refractivity contribution is -0.384. The summed E-state index contributed by atoms with van der Waals surface area (Å²) < 4.78 is 40.7. The van der Waals surface area contributed by atoms with Crippen molar-refractivity contribution >= 4 is 17.3 Å².